The van der Waals surface area contributed by atoms with Gasteiger partial charge in [-0.1, -0.05) is 212 Å². The highest BCUT2D eigenvalue weighted by Crippen LogP contribution is 2.41. The molecular formula is C57H37N3. The van der Waals surface area contributed by atoms with Crippen LogP contribution in [-0.2, 0) is 0 Å². The first kappa shape index (κ1) is 35.2. The van der Waals surface area contributed by atoms with Crippen molar-refractivity contribution in [1.29, 1.82) is 0 Å². The third-order valence-electron chi connectivity index (χ3n) is 11.5. The molecule has 0 unspecified atom stereocenters. The molecular weight excluding hydrogens is 727 g/mol. The maximum Gasteiger partial charge on any atom is 0.160 e. The molecule has 11 rings (SSSR count). The molecule has 11 aromatic rings. The maximum absolute atomic E-state index is 5.52. The van der Waals surface area contributed by atoms with Crippen LogP contribution in [0, 0.1) is 0 Å². The number of para-hydroxylation sites is 1. The number of nitrogens with zero attached hydrogens (tertiary/aromatic N) is 3. The van der Waals surface area contributed by atoms with Crippen LogP contribution in [0.15, 0.2) is 224 Å². The SMILES string of the molecule is c1ccc(-c2ccc(-c3cc(-c4ccccc4)nc(-c4ccc(-c5cccc(-c6nc7c(-c8ccccc8)cccc7c7c6ccc6ccccc67)c5)cc4)n3)cc2)cc1. The summed E-state index contributed by atoms with van der Waals surface area (Å²) in [5.41, 5.74) is 14.7. The molecule has 0 aliphatic carbocycles. The van der Waals surface area contributed by atoms with Crippen molar-refractivity contribution in [1.82, 2.24) is 15.0 Å². The molecule has 0 aliphatic rings. The van der Waals surface area contributed by atoms with E-state index in [1.807, 2.05) is 12.1 Å². The van der Waals surface area contributed by atoms with Gasteiger partial charge in [0.2, 0.25) is 0 Å². The Hall–Kier alpha value is -8.01. The predicted octanol–water partition coefficient (Wildman–Crippen LogP) is 15.0. The highest BCUT2D eigenvalue weighted by Gasteiger charge is 2.17. The van der Waals surface area contributed by atoms with Crippen molar-refractivity contribution in [3.63, 3.8) is 0 Å². The van der Waals surface area contributed by atoms with E-state index in [1.165, 1.54) is 27.3 Å². The minimum Gasteiger partial charge on any atom is -0.246 e. The zero-order valence-electron chi connectivity index (χ0n) is 32.7. The van der Waals surface area contributed by atoms with Crippen molar-refractivity contribution < 1.29 is 0 Å². The Morgan fingerprint density at radius 1 is 0.267 bits per heavy atom. The van der Waals surface area contributed by atoms with E-state index in [4.69, 9.17) is 15.0 Å². The monoisotopic (exact) mass is 763 g/mol. The summed E-state index contributed by atoms with van der Waals surface area (Å²) in [5, 5.41) is 5.97. The molecule has 0 amide bonds. The van der Waals surface area contributed by atoms with Crippen LogP contribution in [0.25, 0.3) is 111 Å². The van der Waals surface area contributed by atoms with E-state index in [-0.39, 0.29) is 0 Å². The molecule has 0 bridgehead atoms. The van der Waals surface area contributed by atoms with Crippen molar-refractivity contribution in [2.45, 2.75) is 0 Å². The molecule has 60 heavy (non-hydrogen) atoms. The van der Waals surface area contributed by atoms with Gasteiger partial charge in [-0.25, -0.2) is 15.0 Å². The highest BCUT2D eigenvalue weighted by molar-refractivity contribution is 6.24. The summed E-state index contributed by atoms with van der Waals surface area (Å²) in [6.07, 6.45) is 0. The van der Waals surface area contributed by atoms with E-state index in [1.54, 1.807) is 0 Å². The van der Waals surface area contributed by atoms with Crippen LogP contribution in [0.3, 0.4) is 0 Å². The Kier molecular flexibility index (Phi) is 8.83. The first-order valence-corrected chi connectivity index (χ1v) is 20.3. The van der Waals surface area contributed by atoms with Crippen molar-refractivity contribution in [2.24, 2.45) is 0 Å². The van der Waals surface area contributed by atoms with Gasteiger partial charge in [0.15, 0.2) is 5.82 Å². The van der Waals surface area contributed by atoms with Gasteiger partial charge in [0.1, 0.15) is 0 Å². The summed E-state index contributed by atoms with van der Waals surface area (Å²) in [4.78, 5) is 15.8. The van der Waals surface area contributed by atoms with Crippen LogP contribution >= 0.6 is 0 Å². The van der Waals surface area contributed by atoms with Gasteiger partial charge in [-0.05, 0) is 50.7 Å². The number of fused-ring (bicyclic) bond motifs is 5. The second-order valence-electron chi connectivity index (χ2n) is 15.2. The first-order chi connectivity index (χ1) is 29.7. The molecule has 9 aromatic carbocycles. The lowest BCUT2D eigenvalue weighted by atomic mass is 9.92. The summed E-state index contributed by atoms with van der Waals surface area (Å²) in [6, 6.07) is 79.2. The Balaban J connectivity index is 0.996. The lowest BCUT2D eigenvalue weighted by Gasteiger charge is -2.16. The fraction of sp³-hybridized carbons (Fsp3) is 0. The first-order valence-electron chi connectivity index (χ1n) is 20.3. The summed E-state index contributed by atoms with van der Waals surface area (Å²) in [6.45, 7) is 0. The van der Waals surface area contributed by atoms with Gasteiger partial charge in [-0.2, -0.15) is 0 Å². The van der Waals surface area contributed by atoms with Gasteiger partial charge in [0.05, 0.1) is 22.6 Å². The van der Waals surface area contributed by atoms with Gasteiger partial charge in [0, 0.05) is 44.0 Å². The Bertz CT molecular complexity index is 3320. The smallest absolute Gasteiger partial charge is 0.160 e. The van der Waals surface area contributed by atoms with Crippen LogP contribution in [0.4, 0.5) is 0 Å². The van der Waals surface area contributed by atoms with E-state index in [0.29, 0.717) is 5.82 Å². The summed E-state index contributed by atoms with van der Waals surface area (Å²) in [7, 11) is 0. The molecule has 0 spiro atoms. The largest absolute Gasteiger partial charge is 0.246 e. The highest BCUT2D eigenvalue weighted by atomic mass is 14.9. The number of pyridine rings is 1. The second kappa shape index (κ2) is 15.1. The Labute approximate surface area is 349 Å². The number of rotatable bonds is 7. The van der Waals surface area contributed by atoms with Gasteiger partial charge < -0.3 is 0 Å². The second-order valence-corrected chi connectivity index (χ2v) is 15.2. The molecule has 0 fully saturated rings. The molecule has 2 aromatic heterocycles. The van der Waals surface area contributed by atoms with E-state index in [9.17, 15) is 0 Å². The Morgan fingerprint density at radius 2 is 0.767 bits per heavy atom. The zero-order chi connectivity index (χ0) is 39.8. The normalized spacial score (nSPS) is 11.3. The summed E-state index contributed by atoms with van der Waals surface area (Å²) in [5.74, 6) is 0.687. The predicted molar refractivity (Wildman–Crippen MR) is 250 cm³/mol. The molecule has 0 saturated heterocycles. The minimum absolute atomic E-state index is 0.687. The topological polar surface area (TPSA) is 38.7 Å². The quantitative estimate of drug-likeness (QED) is 0.152. The van der Waals surface area contributed by atoms with Crippen molar-refractivity contribution >= 4 is 32.4 Å². The maximum atomic E-state index is 5.52. The molecule has 2 heterocycles. The molecule has 3 heteroatoms. The minimum atomic E-state index is 0.687. The third-order valence-corrected chi connectivity index (χ3v) is 11.5. The van der Waals surface area contributed by atoms with Crippen molar-refractivity contribution in [3.8, 4) is 78.5 Å². The van der Waals surface area contributed by atoms with E-state index in [0.717, 1.165) is 77.9 Å². The number of hydrogen-bond acceptors (Lipinski definition) is 3. The molecule has 0 saturated carbocycles. The van der Waals surface area contributed by atoms with Crippen LogP contribution in [-0.4, -0.2) is 15.0 Å². The number of aromatic nitrogens is 3. The fourth-order valence-electron chi connectivity index (χ4n) is 8.47. The van der Waals surface area contributed by atoms with Gasteiger partial charge in [-0.3, -0.25) is 0 Å². The molecule has 0 atom stereocenters. The molecule has 0 aliphatic heterocycles. The van der Waals surface area contributed by atoms with Crippen LogP contribution in [0.2, 0.25) is 0 Å². The van der Waals surface area contributed by atoms with Crippen LogP contribution in [0.5, 0.6) is 0 Å². The number of hydrogen-bond donors (Lipinski definition) is 0. The van der Waals surface area contributed by atoms with Crippen LogP contribution in [0.1, 0.15) is 0 Å². The van der Waals surface area contributed by atoms with E-state index >= 15 is 0 Å². The van der Waals surface area contributed by atoms with Gasteiger partial charge in [-0.15, -0.1) is 0 Å². The van der Waals surface area contributed by atoms with Gasteiger partial charge >= 0.3 is 0 Å². The summed E-state index contributed by atoms with van der Waals surface area (Å²) < 4.78 is 0. The summed E-state index contributed by atoms with van der Waals surface area (Å²) >= 11 is 0. The van der Waals surface area contributed by atoms with Crippen molar-refractivity contribution in [3.05, 3.63) is 224 Å². The number of benzene rings is 9. The standard InChI is InChI=1S/C57H37N3/c1-4-14-38(15-5-1)39-26-30-44(31-27-39)53-37-52(43-19-8-3-9-20-43)58-57(59-53)45-32-28-40(29-33-45)46-21-12-22-47(36-46)55-51-35-34-42-18-10-11-23-48(42)54(51)50-25-13-24-49(56(50)60-55)41-16-6-2-7-17-41/h1-37H. The lowest BCUT2D eigenvalue weighted by Crippen LogP contribution is -1.96. The van der Waals surface area contributed by atoms with Crippen molar-refractivity contribution in [2.75, 3.05) is 0 Å². The average molecular weight is 764 g/mol. The fourth-order valence-corrected chi connectivity index (χ4v) is 8.47. The molecule has 0 N–H and O–H groups in total. The van der Waals surface area contributed by atoms with E-state index in [2.05, 4.69) is 212 Å². The van der Waals surface area contributed by atoms with E-state index < -0.39 is 0 Å². The average Bonchev–Trinajstić information content (AvgIpc) is 3.34. The third kappa shape index (κ3) is 6.49. The Morgan fingerprint density at radius 3 is 1.48 bits per heavy atom. The van der Waals surface area contributed by atoms with Gasteiger partial charge in [0.25, 0.3) is 0 Å². The molecule has 3 nitrogen and oxygen atoms in total. The lowest BCUT2D eigenvalue weighted by molar-refractivity contribution is 1.18. The van der Waals surface area contributed by atoms with Crippen LogP contribution < -0.4 is 0 Å². The molecule has 0 radical (unpaired) electrons. The zero-order valence-corrected chi connectivity index (χ0v) is 32.7. The molecule has 280 valence electrons.